The Labute approximate surface area is 179 Å². The number of nitrogens with one attached hydrogen (secondary N) is 1. The lowest BCUT2D eigenvalue weighted by molar-refractivity contribution is 0.0600. The van der Waals surface area contributed by atoms with Crippen LogP contribution in [0.5, 0.6) is 0 Å². The molecule has 1 heterocycles. The molecule has 0 spiro atoms. The monoisotopic (exact) mass is 404 g/mol. The second kappa shape index (κ2) is 9.59. The van der Waals surface area contributed by atoms with E-state index in [0.717, 1.165) is 19.6 Å². The van der Waals surface area contributed by atoms with E-state index in [-0.39, 0.29) is 5.97 Å². The largest absolute Gasteiger partial charge is 0.465 e. The van der Waals surface area contributed by atoms with Crippen molar-refractivity contribution in [3.05, 3.63) is 76.9 Å². The second-order valence-corrected chi connectivity index (χ2v) is 8.65. The Morgan fingerprint density at radius 2 is 1.80 bits per heavy atom. The summed E-state index contributed by atoms with van der Waals surface area (Å²) in [4.78, 5) is 14.1. The highest BCUT2D eigenvalue weighted by atomic mass is 16.5. The van der Waals surface area contributed by atoms with E-state index in [2.05, 4.69) is 53.5 Å². The zero-order valence-corrected chi connectivity index (χ0v) is 18.0. The highest BCUT2D eigenvalue weighted by Gasteiger charge is 2.39. The number of methoxy groups -OCH3 is 1. The summed E-state index contributed by atoms with van der Waals surface area (Å²) in [6.45, 7) is 5.45. The maximum atomic E-state index is 11.6. The van der Waals surface area contributed by atoms with E-state index in [1.807, 2.05) is 24.3 Å². The molecular weight excluding hydrogens is 372 g/mol. The van der Waals surface area contributed by atoms with Gasteiger partial charge in [0.05, 0.1) is 12.7 Å². The zero-order valence-electron chi connectivity index (χ0n) is 18.0. The summed E-state index contributed by atoms with van der Waals surface area (Å²) in [5.41, 5.74) is 4.65. The fourth-order valence-electron chi connectivity index (χ4n) is 4.48. The highest BCUT2D eigenvalue weighted by Crippen LogP contribution is 2.38. The van der Waals surface area contributed by atoms with Gasteiger partial charge in [-0.2, -0.15) is 0 Å². The van der Waals surface area contributed by atoms with Gasteiger partial charge in [0, 0.05) is 18.6 Å². The molecule has 1 N–H and O–H groups in total. The van der Waals surface area contributed by atoms with E-state index >= 15 is 0 Å². The zero-order chi connectivity index (χ0) is 20.9. The topological polar surface area (TPSA) is 41.6 Å². The van der Waals surface area contributed by atoms with Crippen LogP contribution in [0.15, 0.2) is 60.2 Å². The average molecular weight is 405 g/mol. The number of nitrogens with zero attached hydrogens (tertiary/aromatic N) is 1. The molecule has 4 rings (SSSR count). The first-order valence-corrected chi connectivity index (χ1v) is 11.0. The Hall–Kier alpha value is -2.43. The minimum absolute atomic E-state index is 0.277. The van der Waals surface area contributed by atoms with E-state index in [1.165, 1.54) is 43.1 Å². The number of piperidine rings is 1. The third-order valence-corrected chi connectivity index (χ3v) is 6.39. The molecule has 4 nitrogen and oxygen atoms in total. The standard InChI is InChI=1S/C26H32N2O2/c1-19(16-20-6-4-3-5-7-20)24-17-25(24)27-23-12-14-28(15-13-23)18-21-8-10-22(11-9-21)26(29)30-2/h3-11,16,23-25,27H,12-15,17-18H2,1-2H3/b19-16+. The summed E-state index contributed by atoms with van der Waals surface area (Å²) in [7, 11) is 1.42. The molecular formula is C26H32N2O2. The van der Waals surface area contributed by atoms with Gasteiger partial charge in [0.2, 0.25) is 0 Å². The van der Waals surface area contributed by atoms with E-state index in [4.69, 9.17) is 4.74 Å². The fourth-order valence-corrected chi connectivity index (χ4v) is 4.48. The number of carbonyl (C=O) groups excluding carboxylic acids is 1. The molecule has 4 heteroatoms. The maximum Gasteiger partial charge on any atom is 0.337 e. The van der Waals surface area contributed by atoms with Crippen LogP contribution in [0.4, 0.5) is 0 Å². The van der Waals surface area contributed by atoms with Crippen LogP contribution in [0.2, 0.25) is 0 Å². The van der Waals surface area contributed by atoms with Gasteiger partial charge >= 0.3 is 5.97 Å². The fraction of sp³-hybridized carbons (Fsp3) is 0.423. The number of hydrogen-bond acceptors (Lipinski definition) is 4. The molecule has 1 saturated heterocycles. The van der Waals surface area contributed by atoms with E-state index in [1.54, 1.807) is 0 Å². The summed E-state index contributed by atoms with van der Waals surface area (Å²) in [6.07, 6.45) is 6.00. The molecule has 2 fully saturated rings. The molecule has 30 heavy (non-hydrogen) atoms. The van der Waals surface area contributed by atoms with Crippen LogP contribution in [-0.4, -0.2) is 43.2 Å². The molecule has 1 aliphatic heterocycles. The number of hydrogen-bond donors (Lipinski definition) is 1. The average Bonchev–Trinajstić information content (AvgIpc) is 3.55. The van der Waals surface area contributed by atoms with Gasteiger partial charge in [-0.1, -0.05) is 54.1 Å². The van der Waals surface area contributed by atoms with Crippen molar-refractivity contribution in [3.8, 4) is 0 Å². The first-order valence-electron chi connectivity index (χ1n) is 11.0. The smallest absolute Gasteiger partial charge is 0.337 e. The van der Waals surface area contributed by atoms with Crippen LogP contribution in [-0.2, 0) is 11.3 Å². The third-order valence-electron chi connectivity index (χ3n) is 6.39. The van der Waals surface area contributed by atoms with Gasteiger partial charge in [-0.3, -0.25) is 4.90 Å². The van der Waals surface area contributed by atoms with Crippen molar-refractivity contribution in [2.24, 2.45) is 5.92 Å². The van der Waals surface area contributed by atoms with Crippen molar-refractivity contribution in [2.45, 2.75) is 44.8 Å². The molecule has 1 aliphatic carbocycles. The van der Waals surface area contributed by atoms with Gasteiger partial charge in [-0.15, -0.1) is 0 Å². The number of rotatable bonds is 7. The van der Waals surface area contributed by atoms with Gasteiger partial charge in [0.25, 0.3) is 0 Å². The predicted octanol–water partition coefficient (Wildman–Crippen LogP) is 4.52. The molecule has 1 saturated carbocycles. The number of benzene rings is 2. The summed E-state index contributed by atoms with van der Waals surface area (Å²) >= 11 is 0. The molecule has 0 radical (unpaired) electrons. The normalized spacial score (nSPS) is 22.7. The predicted molar refractivity (Wildman–Crippen MR) is 121 cm³/mol. The van der Waals surface area contributed by atoms with Crippen molar-refractivity contribution in [3.63, 3.8) is 0 Å². The number of carbonyl (C=O) groups is 1. The Balaban J connectivity index is 1.20. The van der Waals surface area contributed by atoms with Crippen molar-refractivity contribution >= 4 is 12.0 Å². The number of esters is 1. The highest BCUT2D eigenvalue weighted by molar-refractivity contribution is 5.89. The molecule has 158 valence electrons. The lowest BCUT2D eigenvalue weighted by Gasteiger charge is -2.32. The Bertz CT molecular complexity index is 868. The summed E-state index contributed by atoms with van der Waals surface area (Å²) in [5.74, 6) is 0.414. The van der Waals surface area contributed by atoms with Crippen LogP contribution in [0.3, 0.4) is 0 Å². The van der Waals surface area contributed by atoms with Crippen LogP contribution in [0.1, 0.15) is 47.7 Å². The van der Waals surface area contributed by atoms with Gasteiger partial charge in [0.15, 0.2) is 0 Å². The van der Waals surface area contributed by atoms with Crippen molar-refractivity contribution in [1.29, 1.82) is 0 Å². The summed E-state index contributed by atoms with van der Waals surface area (Å²) in [6, 6.07) is 19.7. The van der Waals surface area contributed by atoms with Gasteiger partial charge in [0.1, 0.15) is 0 Å². The lowest BCUT2D eigenvalue weighted by atomic mass is 10.0. The molecule has 0 bridgehead atoms. The quantitative estimate of drug-likeness (QED) is 0.689. The molecule has 2 unspecified atom stereocenters. The van der Waals surface area contributed by atoms with E-state index in [0.29, 0.717) is 23.6 Å². The first-order chi connectivity index (χ1) is 14.6. The van der Waals surface area contributed by atoms with Gasteiger partial charge in [-0.05, 0) is 68.5 Å². The van der Waals surface area contributed by atoms with Crippen molar-refractivity contribution in [2.75, 3.05) is 20.2 Å². The van der Waals surface area contributed by atoms with Crippen molar-refractivity contribution in [1.82, 2.24) is 10.2 Å². The Morgan fingerprint density at radius 1 is 1.10 bits per heavy atom. The second-order valence-electron chi connectivity index (χ2n) is 8.65. The third kappa shape index (κ3) is 5.38. The van der Waals surface area contributed by atoms with Crippen molar-refractivity contribution < 1.29 is 9.53 Å². The number of likely N-dealkylation sites (tertiary alicyclic amines) is 1. The van der Waals surface area contributed by atoms with E-state index in [9.17, 15) is 4.79 Å². The Kier molecular flexibility index (Phi) is 6.66. The molecule has 2 aromatic carbocycles. The molecule has 2 atom stereocenters. The lowest BCUT2D eigenvalue weighted by Crippen LogP contribution is -2.43. The SMILES string of the molecule is COC(=O)c1ccc(CN2CCC(NC3CC3/C(C)=C/c3ccccc3)CC2)cc1. The summed E-state index contributed by atoms with van der Waals surface area (Å²) in [5, 5.41) is 3.90. The molecule has 0 amide bonds. The Morgan fingerprint density at radius 3 is 2.47 bits per heavy atom. The molecule has 0 aromatic heterocycles. The van der Waals surface area contributed by atoms with Crippen LogP contribution >= 0.6 is 0 Å². The first kappa shape index (κ1) is 20.8. The van der Waals surface area contributed by atoms with Crippen LogP contribution < -0.4 is 5.32 Å². The maximum absolute atomic E-state index is 11.6. The minimum atomic E-state index is -0.277. The molecule has 2 aromatic rings. The number of ether oxygens (including phenoxy) is 1. The van der Waals surface area contributed by atoms with Crippen LogP contribution in [0, 0.1) is 5.92 Å². The van der Waals surface area contributed by atoms with Gasteiger partial charge < -0.3 is 10.1 Å². The van der Waals surface area contributed by atoms with E-state index < -0.39 is 0 Å². The van der Waals surface area contributed by atoms with Gasteiger partial charge in [-0.25, -0.2) is 4.79 Å². The van der Waals surface area contributed by atoms with Crippen LogP contribution in [0.25, 0.3) is 6.08 Å². The summed E-state index contributed by atoms with van der Waals surface area (Å²) < 4.78 is 4.77. The minimum Gasteiger partial charge on any atom is -0.465 e. The molecule has 2 aliphatic rings.